The molecular weight excluding hydrogens is 397 g/mol. The number of nitrogens with zero attached hydrogens (tertiary/aromatic N) is 1. The fraction of sp³-hybridized carbons (Fsp3) is 0.167. The van der Waals surface area contributed by atoms with Crippen LogP contribution in [0.25, 0.3) is 6.08 Å². The van der Waals surface area contributed by atoms with Gasteiger partial charge < -0.3 is 20.0 Å². The molecule has 0 saturated heterocycles. The molecule has 160 valence electrons. The average molecular weight is 421 g/mol. The summed E-state index contributed by atoms with van der Waals surface area (Å²) < 4.78 is 18.6. The molecule has 0 saturated carbocycles. The van der Waals surface area contributed by atoms with Crippen molar-refractivity contribution in [3.05, 3.63) is 101 Å². The highest BCUT2D eigenvalue weighted by Gasteiger charge is 2.19. The molecule has 2 amide bonds. The Morgan fingerprint density at radius 3 is 2.35 bits per heavy atom. The van der Waals surface area contributed by atoms with Crippen LogP contribution in [0.2, 0.25) is 0 Å². The molecule has 2 aromatic carbocycles. The van der Waals surface area contributed by atoms with Crippen molar-refractivity contribution in [2.75, 3.05) is 20.6 Å². The predicted molar refractivity (Wildman–Crippen MR) is 116 cm³/mol. The van der Waals surface area contributed by atoms with Gasteiger partial charge in [0.2, 0.25) is 0 Å². The molecule has 0 fully saturated rings. The lowest BCUT2D eigenvalue weighted by atomic mass is 10.1. The minimum atomic E-state index is -0.463. The molecule has 0 radical (unpaired) electrons. The first-order valence-corrected chi connectivity index (χ1v) is 9.75. The lowest BCUT2D eigenvalue weighted by Gasteiger charge is -2.25. The second-order valence-electron chi connectivity index (χ2n) is 7.13. The van der Waals surface area contributed by atoms with Crippen molar-refractivity contribution >= 4 is 17.9 Å². The molecule has 0 spiro atoms. The third-order valence-corrected chi connectivity index (χ3v) is 4.69. The number of hydrogen-bond donors (Lipinski definition) is 2. The molecule has 1 aromatic heterocycles. The largest absolute Gasteiger partial charge is 0.465 e. The summed E-state index contributed by atoms with van der Waals surface area (Å²) in [5.41, 5.74) is 1.34. The van der Waals surface area contributed by atoms with Crippen molar-refractivity contribution in [3.8, 4) is 0 Å². The van der Waals surface area contributed by atoms with Crippen LogP contribution in [0, 0.1) is 5.82 Å². The van der Waals surface area contributed by atoms with Crippen molar-refractivity contribution in [1.29, 1.82) is 0 Å². The summed E-state index contributed by atoms with van der Waals surface area (Å²) in [6, 6.07) is 17.9. The van der Waals surface area contributed by atoms with E-state index in [1.165, 1.54) is 24.5 Å². The van der Waals surface area contributed by atoms with Crippen LogP contribution in [0.3, 0.4) is 0 Å². The Morgan fingerprint density at radius 2 is 1.74 bits per heavy atom. The summed E-state index contributed by atoms with van der Waals surface area (Å²) in [4.78, 5) is 27.4. The topological polar surface area (TPSA) is 74.6 Å². The van der Waals surface area contributed by atoms with E-state index in [4.69, 9.17) is 4.42 Å². The molecule has 0 bridgehead atoms. The lowest BCUT2D eigenvalue weighted by molar-refractivity contribution is -0.117. The smallest absolute Gasteiger partial charge is 0.268 e. The molecule has 3 rings (SSSR count). The molecule has 1 heterocycles. The lowest BCUT2D eigenvalue weighted by Crippen LogP contribution is -2.39. The van der Waals surface area contributed by atoms with Gasteiger partial charge in [0.1, 0.15) is 17.3 Å². The Kier molecular flexibility index (Phi) is 7.35. The number of rotatable bonds is 8. The van der Waals surface area contributed by atoms with Crippen molar-refractivity contribution in [2.45, 2.75) is 6.04 Å². The molecule has 7 heteroatoms. The summed E-state index contributed by atoms with van der Waals surface area (Å²) in [7, 11) is 3.74. The second-order valence-corrected chi connectivity index (χ2v) is 7.13. The number of hydrogen-bond acceptors (Lipinski definition) is 4. The number of furan rings is 1. The summed E-state index contributed by atoms with van der Waals surface area (Å²) in [5, 5.41) is 5.51. The van der Waals surface area contributed by atoms with E-state index in [1.54, 1.807) is 54.6 Å². The van der Waals surface area contributed by atoms with Gasteiger partial charge in [-0.3, -0.25) is 9.59 Å². The maximum absolute atomic E-state index is 13.3. The van der Waals surface area contributed by atoms with Gasteiger partial charge in [-0.25, -0.2) is 4.39 Å². The van der Waals surface area contributed by atoms with Gasteiger partial charge in [0.05, 0.1) is 12.3 Å². The molecule has 0 aliphatic carbocycles. The van der Waals surface area contributed by atoms with Crippen LogP contribution >= 0.6 is 0 Å². The minimum Gasteiger partial charge on any atom is -0.465 e. The van der Waals surface area contributed by atoms with Crippen LogP contribution in [-0.4, -0.2) is 37.4 Å². The van der Waals surface area contributed by atoms with Crippen LogP contribution in [0.15, 0.2) is 83.1 Å². The van der Waals surface area contributed by atoms with E-state index in [9.17, 15) is 14.0 Å². The van der Waals surface area contributed by atoms with Gasteiger partial charge in [-0.15, -0.1) is 0 Å². The van der Waals surface area contributed by atoms with Gasteiger partial charge >= 0.3 is 0 Å². The number of carbonyl (C=O) groups is 2. The molecule has 6 nitrogen and oxygen atoms in total. The maximum atomic E-state index is 13.3. The van der Waals surface area contributed by atoms with Crippen LogP contribution in [0.1, 0.15) is 27.7 Å². The fourth-order valence-corrected chi connectivity index (χ4v) is 3.03. The minimum absolute atomic E-state index is 0.0559. The van der Waals surface area contributed by atoms with E-state index >= 15 is 0 Å². The highest BCUT2D eigenvalue weighted by molar-refractivity contribution is 6.05. The molecule has 0 aliphatic heterocycles. The Bertz CT molecular complexity index is 1030. The number of halogens is 1. The number of carbonyl (C=O) groups excluding carboxylic acids is 2. The molecule has 1 atom stereocenters. The highest BCUT2D eigenvalue weighted by atomic mass is 19.1. The highest BCUT2D eigenvalue weighted by Crippen LogP contribution is 2.18. The van der Waals surface area contributed by atoms with E-state index < -0.39 is 11.8 Å². The molecular formula is C24H24FN3O3. The first-order chi connectivity index (χ1) is 14.9. The normalized spacial score (nSPS) is 12.5. The number of likely N-dealkylation sites (N-methyl/N-ethyl adjacent to an activating group) is 1. The monoisotopic (exact) mass is 421 g/mol. The van der Waals surface area contributed by atoms with Crippen LogP contribution in [-0.2, 0) is 4.79 Å². The van der Waals surface area contributed by atoms with Gasteiger partial charge in [-0.2, -0.15) is 0 Å². The van der Waals surface area contributed by atoms with E-state index in [2.05, 4.69) is 10.6 Å². The van der Waals surface area contributed by atoms with Crippen LogP contribution in [0.5, 0.6) is 0 Å². The van der Waals surface area contributed by atoms with Gasteiger partial charge in [-0.1, -0.05) is 30.3 Å². The Balaban J connectivity index is 1.76. The second kappa shape index (κ2) is 10.4. The van der Waals surface area contributed by atoms with Gasteiger partial charge in [0.15, 0.2) is 0 Å². The standard InChI is InChI=1S/C24H24FN3O3/c1-28(2)22(17-10-12-19(25)13-11-17)16-26-24(30)21(15-20-9-6-14-31-20)27-23(29)18-7-4-3-5-8-18/h3-15,22H,16H2,1-2H3,(H,26,30)(H,27,29). The summed E-state index contributed by atoms with van der Waals surface area (Å²) >= 11 is 0. The quantitative estimate of drug-likeness (QED) is 0.545. The van der Waals surface area contributed by atoms with Crippen molar-refractivity contribution in [3.63, 3.8) is 0 Å². The third-order valence-electron chi connectivity index (χ3n) is 4.69. The van der Waals surface area contributed by atoms with Gasteiger partial charge in [0.25, 0.3) is 11.8 Å². The van der Waals surface area contributed by atoms with Crippen LogP contribution < -0.4 is 10.6 Å². The predicted octanol–water partition coefficient (Wildman–Crippen LogP) is 3.61. The van der Waals surface area contributed by atoms with Gasteiger partial charge in [0, 0.05) is 18.2 Å². The Morgan fingerprint density at radius 1 is 1.03 bits per heavy atom. The van der Waals surface area contributed by atoms with Crippen molar-refractivity contribution < 1.29 is 18.4 Å². The van der Waals surface area contributed by atoms with E-state index in [-0.39, 0.29) is 24.1 Å². The van der Waals surface area contributed by atoms with Crippen molar-refractivity contribution in [2.24, 2.45) is 0 Å². The SMILES string of the molecule is CN(C)C(CNC(=O)C(=Cc1ccco1)NC(=O)c1ccccc1)c1ccc(F)cc1. The van der Waals surface area contributed by atoms with E-state index in [0.717, 1.165) is 5.56 Å². The zero-order chi connectivity index (χ0) is 22.2. The Labute approximate surface area is 180 Å². The Hall–Kier alpha value is -3.71. The number of amides is 2. The average Bonchev–Trinajstić information content (AvgIpc) is 3.28. The molecule has 1 unspecified atom stereocenters. The first-order valence-electron chi connectivity index (χ1n) is 9.75. The zero-order valence-corrected chi connectivity index (χ0v) is 17.3. The van der Waals surface area contributed by atoms with Gasteiger partial charge in [-0.05, 0) is 56.1 Å². The molecule has 0 aliphatic rings. The zero-order valence-electron chi connectivity index (χ0n) is 17.3. The summed E-state index contributed by atoms with van der Waals surface area (Å²) in [6.45, 7) is 0.258. The van der Waals surface area contributed by atoms with Crippen molar-refractivity contribution in [1.82, 2.24) is 15.5 Å². The fourth-order valence-electron chi connectivity index (χ4n) is 3.03. The van der Waals surface area contributed by atoms with E-state index in [0.29, 0.717) is 11.3 Å². The summed E-state index contributed by atoms with van der Waals surface area (Å²) in [5.74, 6) is -0.760. The molecule has 2 N–H and O–H groups in total. The maximum Gasteiger partial charge on any atom is 0.268 e. The third kappa shape index (κ3) is 6.13. The summed E-state index contributed by atoms with van der Waals surface area (Å²) in [6.07, 6.45) is 2.95. The molecule has 31 heavy (non-hydrogen) atoms. The first kappa shape index (κ1) is 22.0. The van der Waals surface area contributed by atoms with Crippen LogP contribution in [0.4, 0.5) is 4.39 Å². The molecule has 3 aromatic rings. The van der Waals surface area contributed by atoms with E-state index in [1.807, 2.05) is 19.0 Å². The number of benzene rings is 2. The number of nitrogens with one attached hydrogen (secondary N) is 2.